The van der Waals surface area contributed by atoms with Gasteiger partial charge in [-0.1, -0.05) is 18.2 Å². The Hall–Kier alpha value is -1.11. The van der Waals surface area contributed by atoms with Crippen molar-refractivity contribution >= 4 is 0 Å². The van der Waals surface area contributed by atoms with Crippen molar-refractivity contribution in [2.45, 2.75) is 44.3 Å². The Bertz CT molecular complexity index is 534. The maximum atomic E-state index is 12.8. The zero-order valence-corrected chi connectivity index (χ0v) is 12.6. The van der Waals surface area contributed by atoms with Crippen molar-refractivity contribution in [2.75, 3.05) is 19.6 Å². The number of nitrogens with zero attached hydrogens (tertiary/aromatic N) is 2. The molecule has 1 aromatic carbocycles. The number of fused-ring (bicyclic) bond motifs is 1. The van der Waals surface area contributed by atoms with Crippen LogP contribution in [0.1, 0.15) is 24.5 Å². The highest BCUT2D eigenvalue weighted by Crippen LogP contribution is 2.31. The van der Waals surface area contributed by atoms with Gasteiger partial charge in [0.1, 0.15) is 0 Å². The Morgan fingerprint density at radius 2 is 2.00 bits per heavy atom. The van der Waals surface area contributed by atoms with Gasteiger partial charge in [0.25, 0.3) is 0 Å². The summed E-state index contributed by atoms with van der Waals surface area (Å²) in [5.74, 6) is 0. The number of halogens is 3. The van der Waals surface area contributed by atoms with Crippen LogP contribution in [0.4, 0.5) is 13.2 Å². The third kappa shape index (κ3) is 3.29. The summed E-state index contributed by atoms with van der Waals surface area (Å²) in [5.41, 5.74) is 0.0984. The topological polar surface area (TPSA) is 26.7 Å². The van der Waals surface area contributed by atoms with Crippen LogP contribution in [0, 0.1) is 0 Å². The van der Waals surface area contributed by atoms with E-state index in [1.807, 2.05) is 0 Å². The van der Waals surface area contributed by atoms with Crippen molar-refractivity contribution in [1.82, 2.24) is 9.80 Å². The molecule has 0 bridgehead atoms. The predicted octanol–water partition coefficient (Wildman–Crippen LogP) is 2.34. The summed E-state index contributed by atoms with van der Waals surface area (Å²) < 4.78 is 38.4. The van der Waals surface area contributed by atoms with Crippen molar-refractivity contribution in [2.24, 2.45) is 0 Å². The molecule has 2 fully saturated rings. The monoisotopic (exact) mass is 314 g/mol. The first-order valence-electron chi connectivity index (χ1n) is 7.65. The molecular weight excluding hydrogens is 293 g/mol. The Kier molecular flexibility index (Phi) is 4.18. The van der Waals surface area contributed by atoms with Crippen molar-refractivity contribution in [3.63, 3.8) is 0 Å². The third-order valence-electron chi connectivity index (χ3n) is 4.71. The zero-order valence-electron chi connectivity index (χ0n) is 12.6. The lowest BCUT2D eigenvalue weighted by atomic mass is 10.0. The van der Waals surface area contributed by atoms with Crippen LogP contribution in [0.3, 0.4) is 0 Å². The normalized spacial score (nSPS) is 30.5. The minimum absolute atomic E-state index is 0.272. The summed E-state index contributed by atoms with van der Waals surface area (Å²) in [7, 11) is 0. The van der Waals surface area contributed by atoms with E-state index in [9.17, 15) is 18.3 Å². The van der Waals surface area contributed by atoms with Crippen molar-refractivity contribution in [3.05, 3.63) is 35.4 Å². The Morgan fingerprint density at radius 1 is 1.23 bits per heavy atom. The molecule has 22 heavy (non-hydrogen) atoms. The lowest BCUT2D eigenvalue weighted by Crippen LogP contribution is -2.54. The molecule has 1 aromatic rings. The largest absolute Gasteiger partial charge is 0.416 e. The summed E-state index contributed by atoms with van der Waals surface area (Å²) in [4.78, 5) is 4.51. The summed E-state index contributed by atoms with van der Waals surface area (Å²) >= 11 is 0. The van der Waals surface area contributed by atoms with Crippen molar-refractivity contribution in [1.29, 1.82) is 0 Å². The molecule has 0 aromatic heterocycles. The first-order valence-corrected chi connectivity index (χ1v) is 7.65. The van der Waals surface area contributed by atoms with E-state index in [0.29, 0.717) is 24.7 Å². The molecule has 2 saturated heterocycles. The lowest BCUT2D eigenvalue weighted by Gasteiger charge is -2.42. The highest BCUT2D eigenvalue weighted by atomic mass is 19.4. The summed E-state index contributed by atoms with van der Waals surface area (Å²) in [6, 6.07) is 6.16. The number of hydrogen-bond donors (Lipinski definition) is 1. The molecule has 3 nitrogen and oxygen atoms in total. The fourth-order valence-corrected chi connectivity index (χ4v) is 3.58. The lowest BCUT2D eigenvalue weighted by molar-refractivity contribution is -0.137. The van der Waals surface area contributed by atoms with Gasteiger partial charge in [-0.3, -0.25) is 9.80 Å². The molecule has 0 amide bonds. The highest BCUT2D eigenvalue weighted by molar-refractivity contribution is 5.25. The number of piperazine rings is 1. The van der Waals surface area contributed by atoms with Crippen LogP contribution in [0.15, 0.2) is 24.3 Å². The maximum Gasteiger partial charge on any atom is 0.416 e. The Balaban J connectivity index is 1.70. The van der Waals surface area contributed by atoms with E-state index in [-0.39, 0.29) is 12.1 Å². The van der Waals surface area contributed by atoms with Crippen LogP contribution in [-0.4, -0.2) is 52.7 Å². The first kappa shape index (κ1) is 15.8. The standard InChI is InChI=1S/C16H21F3N2O/c1-11-7-21-10-15(22)6-14(21)9-20(11)8-12-3-2-4-13(5-12)16(17,18)19/h2-5,11,14-15,22H,6-10H2,1H3/t11-,14-,15-/m1/s1. The van der Waals surface area contributed by atoms with E-state index in [2.05, 4.69) is 16.7 Å². The van der Waals surface area contributed by atoms with Crippen molar-refractivity contribution in [3.8, 4) is 0 Å². The van der Waals surface area contributed by atoms with E-state index >= 15 is 0 Å². The number of aliphatic hydroxyl groups excluding tert-OH is 1. The number of hydrogen-bond acceptors (Lipinski definition) is 3. The molecule has 122 valence electrons. The molecule has 6 heteroatoms. The molecule has 3 rings (SSSR count). The third-order valence-corrected chi connectivity index (χ3v) is 4.71. The highest BCUT2D eigenvalue weighted by Gasteiger charge is 2.38. The van der Waals surface area contributed by atoms with E-state index in [1.54, 1.807) is 6.07 Å². The van der Waals surface area contributed by atoms with Gasteiger partial charge in [0.2, 0.25) is 0 Å². The number of alkyl halides is 3. The first-order chi connectivity index (χ1) is 10.3. The minimum atomic E-state index is -4.30. The SMILES string of the molecule is C[C@@H]1CN2C[C@H](O)C[C@@H]2CN1Cc1cccc(C(F)(F)F)c1. The molecule has 0 spiro atoms. The minimum Gasteiger partial charge on any atom is -0.392 e. The van der Waals surface area contributed by atoms with Crippen LogP contribution >= 0.6 is 0 Å². The van der Waals surface area contributed by atoms with Gasteiger partial charge in [-0.2, -0.15) is 13.2 Å². The predicted molar refractivity (Wildman–Crippen MR) is 77.3 cm³/mol. The fraction of sp³-hybridized carbons (Fsp3) is 0.625. The van der Waals surface area contributed by atoms with Gasteiger partial charge in [-0.15, -0.1) is 0 Å². The molecule has 0 saturated carbocycles. The molecule has 0 aliphatic carbocycles. The average Bonchev–Trinajstić information content (AvgIpc) is 2.78. The summed E-state index contributed by atoms with van der Waals surface area (Å²) in [6.45, 7) is 4.99. The van der Waals surface area contributed by atoms with Gasteiger partial charge < -0.3 is 5.11 Å². The molecule has 2 aliphatic rings. The Morgan fingerprint density at radius 3 is 2.73 bits per heavy atom. The smallest absolute Gasteiger partial charge is 0.392 e. The van der Waals surface area contributed by atoms with Crippen LogP contribution in [-0.2, 0) is 12.7 Å². The molecule has 2 heterocycles. The second kappa shape index (κ2) is 5.83. The van der Waals surface area contributed by atoms with E-state index < -0.39 is 11.7 Å². The average molecular weight is 314 g/mol. The van der Waals surface area contributed by atoms with Gasteiger partial charge in [-0.25, -0.2) is 0 Å². The molecule has 3 atom stereocenters. The second-order valence-electron chi connectivity index (χ2n) is 6.47. The van der Waals surface area contributed by atoms with E-state index in [1.165, 1.54) is 12.1 Å². The van der Waals surface area contributed by atoms with Gasteiger partial charge in [0.05, 0.1) is 11.7 Å². The molecule has 0 unspecified atom stereocenters. The Labute approximate surface area is 128 Å². The van der Waals surface area contributed by atoms with E-state index in [0.717, 1.165) is 25.6 Å². The summed E-state index contributed by atoms with van der Waals surface area (Å²) in [5, 5.41) is 9.76. The number of benzene rings is 1. The van der Waals surface area contributed by atoms with Crippen LogP contribution in [0.2, 0.25) is 0 Å². The number of rotatable bonds is 2. The van der Waals surface area contributed by atoms with E-state index in [4.69, 9.17) is 0 Å². The molecule has 2 aliphatic heterocycles. The van der Waals surface area contributed by atoms with Crippen molar-refractivity contribution < 1.29 is 18.3 Å². The second-order valence-corrected chi connectivity index (χ2v) is 6.47. The summed E-state index contributed by atoms with van der Waals surface area (Å²) in [6.07, 6.45) is -3.81. The van der Waals surface area contributed by atoms with Gasteiger partial charge >= 0.3 is 6.18 Å². The zero-order chi connectivity index (χ0) is 15.9. The quantitative estimate of drug-likeness (QED) is 0.908. The molecular formula is C16H21F3N2O. The fourth-order valence-electron chi connectivity index (χ4n) is 3.58. The van der Waals surface area contributed by atoms with Crippen LogP contribution < -0.4 is 0 Å². The van der Waals surface area contributed by atoms with Gasteiger partial charge in [-0.05, 0) is 25.0 Å². The van der Waals surface area contributed by atoms with Crippen LogP contribution in [0.25, 0.3) is 0 Å². The van der Waals surface area contributed by atoms with Crippen LogP contribution in [0.5, 0.6) is 0 Å². The number of aliphatic hydroxyl groups is 1. The van der Waals surface area contributed by atoms with Gasteiger partial charge in [0, 0.05) is 38.3 Å². The van der Waals surface area contributed by atoms with Gasteiger partial charge in [0.15, 0.2) is 0 Å². The maximum absolute atomic E-state index is 12.8. The molecule has 0 radical (unpaired) electrons. The molecule has 1 N–H and O–H groups in total.